The van der Waals surface area contributed by atoms with Gasteiger partial charge in [0.2, 0.25) is 0 Å². The van der Waals surface area contributed by atoms with Crippen LogP contribution in [0.5, 0.6) is 0 Å². The molecule has 1 heteroatoms. The lowest BCUT2D eigenvalue weighted by Crippen LogP contribution is -2.31. The van der Waals surface area contributed by atoms with Crippen molar-refractivity contribution in [3.05, 3.63) is 12.2 Å². The number of rotatable bonds is 1. The summed E-state index contributed by atoms with van der Waals surface area (Å²) in [4.78, 5) is 0. The minimum absolute atomic E-state index is 0.304. The lowest BCUT2D eigenvalue weighted by molar-refractivity contribution is -0.0156. The maximum absolute atomic E-state index is 5.58. The molecule has 1 heterocycles. The van der Waals surface area contributed by atoms with E-state index in [2.05, 4.69) is 20.4 Å². The van der Waals surface area contributed by atoms with Gasteiger partial charge in [-0.2, -0.15) is 0 Å². The second kappa shape index (κ2) is 2.98. The molecule has 1 rings (SSSR count). The molecule has 1 atom stereocenters. The van der Waals surface area contributed by atoms with Gasteiger partial charge in [-0.15, -0.1) is 0 Å². The van der Waals surface area contributed by atoms with E-state index in [1.54, 1.807) is 0 Å². The van der Waals surface area contributed by atoms with Crippen molar-refractivity contribution in [1.29, 1.82) is 0 Å². The first-order valence-electron chi connectivity index (χ1n) is 4.28. The van der Waals surface area contributed by atoms with Crippen molar-refractivity contribution in [2.45, 2.75) is 39.7 Å². The van der Waals surface area contributed by atoms with Crippen molar-refractivity contribution in [2.75, 3.05) is 6.61 Å². The maximum atomic E-state index is 5.58. The Morgan fingerprint density at radius 1 is 1.55 bits per heavy atom. The molecule has 0 saturated carbocycles. The molecule has 64 valence electrons. The minimum atomic E-state index is 0.304. The van der Waals surface area contributed by atoms with Gasteiger partial charge < -0.3 is 4.74 Å². The van der Waals surface area contributed by atoms with E-state index in [4.69, 9.17) is 4.74 Å². The topological polar surface area (TPSA) is 9.23 Å². The Balaban J connectivity index is 2.53. The Bertz CT molecular complexity index is 158. The van der Waals surface area contributed by atoms with Gasteiger partial charge in [0, 0.05) is 6.61 Å². The van der Waals surface area contributed by atoms with Gasteiger partial charge in [-0.25, -0.2) is 0 Å². The Hall–Kier alpha value is -0.300. The fourth-order valence-electron chi connectivity index (χ4n) is 1.46. The van der Waals surface area contributed by atoms with Crippen molar-refractivity contribution >= 4 is 0 Å². The highest BCUT2D eigenvalue weighted by Gasteiger charge is 2.28. The van der Waals surface area contributed by atoms with E-state index in [9.17, 15) is 0 Å². The summed E-state index contributed by atoms with van der Waals surface area (Å²) < 4.78 is 5.58. The fraction of sp³-hybridized carbons (Fsp3) is 0.800. The Labute approximate surface area is 69.4 Å². The molecule has 0 aromatic carbocycles. The van der Waals surface area contributed by atoms with Gasteiger partial charge in [0.1, 0.15) is 0 Å². The lowest BCUT2D eigenvalue weighted by atomic mass is 9.80. The molecule has 0 aromatic heterocycles. The molecule has 1 fully saturated rings. The summed E-state index contributed by atoms with van der Waals surface area (Å²) >= 11 is 0. The SMILES string of the molecule is C=C(C)[C@@H]1CC(C)(C)CCO1. The fourth-order valence-corrected chi connectivity index (χ4v) is 1.46. The van der Waals surface area contributed by atoms with E-state index in [0.717, 1.165) is 18.6 Å². The smallest absolute Gasteiger partial charge is 0.0784 e. The van der Waals surface area contributed by atoms with E-state index in [1.807, 2.05) is 6.92 Å². The van der Waals surface area contributed by atoms with E-state index in [-0.39, 0.29) is 0 Å². The zero-order chi connectivity index (χ0) is 8.48. The van der Waals surface area contributed by atoms with Crippen LogP contribution < -0.4 is 0 Å². The van der Waals surface area contributed by atoms with Crippen molar-refractivity contribution < 1.29 is 4.74 Å². The number of ether oxygens (including phenoxy) is 1. The minimum Gasteiger partial charge on any atom is -0.374 e. The Kier molecular flexibility index (Phi) is 2.38. The average Bonchev–Trinajstić information content (AvgIpc) is 1.85. The van der Waals surface area contributed by atoms with Crippen LogP contribution in [0.25, 0.3) is 0 Å². The highest BCUT2D eigenvalue weighted by molar-refractivity contribution is 5.01. The van der Waals surface area contributed by atoms with Gasteiger partial charge >= 0.3 is 0 Å². The second-order valence-corrected chi connectivity index (χ2v) is 4.32. The van der Waals surface area contributed by atoms with E-state index >= 15 is 0 Å². The van der Waals surface area contributed by atoms with Crippen LogP contribution in [-0.2, 0) is 4.74 Å². The van der Waals surface area contributed by atoms with Crippen LogP contribution in [-0.4, -0.2) is 12.7 Å². The largest absolute Gasteiger partial charge is 0.374 e. The normalized spacial score (nSPS) is 29.9. The molecule has 0 N–H and O–H groups in total. The van der Waals surface area contributed by atoms with Crippen LogP contribution in [0.1, 0.15) is 33.6 Å². The summed E-state index contributed by atoms with van der Waals surface area (Å²) in [7, 11) is 0. The number of hydrogen-bond donors (Lipinski definition) is 0. The Morgan fingerprint density at radius 3 is 2.55 bits per heavy atom. The first-order valence-corrected chi connectivity index (χ1v) is 4.28. The Morgan fingerprint density at radius 2 is 2.18 bits per heavy atom. The van der Waals surface area contributed by atoms with Gasteiger partial charge in [0.25, 0.3) is 0 Å². The highest BCUT2D eigenvalue weighted by atomic mass is 16.5. The standard InChI is InChI=1S/C10H18O/c1-8(2)9-7-10(3,4)5-6-11-9/h9H,1,5-7H2,2-4H3/t9-/m0/s1. The molecular formula is C10H18O. The summed E-state index contributed by atoms with van der Waals surface area (Å²) in [5.41, 5.74) is 1.61. The van der Waals surface area contributed by atoms with Crippen molar-refractivity contribution in [1.82, 2.24) is 0 Å². The van der Waals surface area contributed by atoms with Crippen LogP contribution in [0, 0.1) is 5.41 Å². The van der Waals surface area contributed by atoms with Crippen molar-refractivity contribution in [3.63, 3.8) is 0 Å². The maximum Gasteiger partial charge on any atom is 0.0784 e. The summed E-state index contributed by atoms with van der Waals surface area (Å²) in [6.07, 6.45) is 2.61. The highest BCUT2D eigenvalue weighted by Crippen LogP contribution is 2.33. The number of hydrogen-bond acceptors (Lipinski definition) is 1. The van der Waals surface area contributed by atoms with Gasteiger partial charge in [-0.1, -0.05) is 26.0 Å². The summed E-state index contributed by atoms with van der Waals surface area (Å²) in [5, 5.41) is 0. The first-order chi connectivity index (χ1) is 5.01. The van der Waals surface area contributed by atoms with Gasteiger partial charge in [0.15, 0.2) is 0 Å². The van der Waals surface area contributed by atoms with E-state index < -0.39 is 0 Å². The summed E-state index contributed by atoms with van der Waals surface area (Å²) in [6.45, 7) is 11.5. The monoisotopic (exact) mass is 154 g/mol. The third-order valence-electron chi connectivity index (χ3n) is 2.39. The zero-order valence-electron chi connectivity index (χ0n) is 7.81. The molecular weight excluding hydrogens is 136 g/mol. The molecule has 0 aliphatic carbocycles. The summed E-state index contributed by atoms with van der Waals surface area (Å²) in [5.74, 6) is 0. The summed E-state index contributed by atoms with van der Waals surface area (Å²) in [6, 6.07) is 0. The van der Waals surface area contributed by atoms with Crippen molar-refractivity contribution in [3.8, 4) is 0 Å². The molecule has 0 radical (unpaired) electrons. The predicted octanol–water partition coefficient (Wildman–Crippen LogP) is 2.77. The average molecular weight is 154 g/mol. The lowest BCUT2D eigenvalue weighted by Gasteiger charge is -2.35. The van der Waals surface area contributed by atoms with E-state index in [0.29, 0.717) is 11.5 Å². The van der Waals surface area contributed by atoms with Gasteiger partial charge in [-0.05, 0) is 25.2 Å². The first kappa shape index (κ1) is 8.79. The van der Waals surface area contributed by atoms with Crippen LogP contribution in [0.3, 0.4) is 0 Å². The molecule has 0 aromatic rings. The molecule has 0 unspecified atom stereocenters. The quantitative estimate of drug-likeness (QED) is 0.528. The van der Waals surface area contributed by atoms with Crippen LogP contribution in [0.15, 0.2) is 12.2 Å². The molecule has 1 nitrogen and oxygen atoms in total. The molecule has 11 heavy (non-hydrogen) atoms. The molecule has 1 aliphatic rings. The zero-order valence-corrected chi connectivity index (χ0v) is 7.81. The van der Waals surface area contributed by atoms with Gasteiger partial charge in [-0.3, -0.25) is 0 Å². The van der Waals surface area contributed by atoms with Crippen LogP contribution in [0.2, 0.25) is 0 Å². The van der Waals surface area contributed by atoms with E-state index in [1.165, 1.54) is 6.42 Å². The van der Waals surface area contributed by atoms with Crippen molar-refractivity contribution in [2.24, 2.45) is 5.41 Å². The third-order valence-corrected chi connectivity index (χ3v) is 2.39. The third kappa shape index (κ3) is 2.33. The molecule has 0 amide bonds. The molecule has 1 saturated heterocycles. The van der Waals surface area contributed by atoms with Crippen LogP contribution >= 0.6 is 0 Å². The predicted molar refractivity (Wildman–Crippen MR) is 47.6 cm³/mol. The van der Waals surface area contributed by atoms with Crippen LogP contribution in [0.4, 0.5) is 0 Å². The molecule has 0 spiro atoms. The van der Waals surface area contributed by atoms with Gasteiger partial charge in [0.05, 0.1) is 6.10 Å². The molecule has 0 bridgehead atoms. The molecule has 1 aliphatic heterocycles. The second-order valence-electron chi connectivity index (χ2n) is 4.32.